The number of benzene rings is 1. The minimum Gasteiger partial charge on any atom is -0.369 e. The number of amides is 1. The third-order valence-electron chi connectivity index (χ3n) is 2.64. The Labute approximate surface area is 127 Å². The quantitative estimate of drug-likeness (QED) is 0.895. The van der Waals surface area contributed by atoms with Gasteiger partial charge in [-0.3, -0.25) is 4.79 Å². The van der Waals surface area contributed by atoms with Crippen LogP contribution in [0.2, 0.25) is 10.0 Å². The third kappa shape index (κ3) is 3.16. The molecular formula is C13H16Cl2N4O. The fourth-order valence-electron chi connectivity index (χ4n) is 1.91. The summed E-state index contributed by atoms with van der Waals surface area (Å²) >= 11 is 11.9. The van der Waals surface area contributed by atoms with Gasteiger partial charge in [0.1, 0.15) is 6.54 Å². The Balaban J connectivity index is 2.37. The number of nitrogens with one attached hydrogen (secondary N) is 1. The second-order valence-corrected chi connectivity index (χ2v) is 6.42. The Bertz CT molecular complexity index is 673. The summed E-state index contributed by atoms with van der Waals surface area (Å²) in [5, 5.41) is 3.68. The summed E-state index contributed by atoms with van der Waals surface area (Å²) in [6.07, 6.45) is 0. The number of halogens is 2. The molecule has 1 heterocycles. The van der Waals surface area contributed by atoms with Gasteiger partial charge in [-0.15, -0.1) is 0 Å². The number of hydrogen-bond acceptors (Lipinski definition) is 3. The van der Waals surface area contributed by atoms with Gasteiger partial charge in [-0.05, 0) is 32.9 Å². The molecule has 0 aliphatic rings. The number of nitrogen functional groups attached to an aromatic ring is 1. The summed E-state index contributed by atoms with van der Waals surface area (Å²) in [5.41, 5.74) is 6.84. The molecule has 0 aliphatic carbocycles. The van der Waals surface area contributed by atoms with Gasteiger partial charge in [-0.2, -0.15) is 0 Å². The predicted molar refractivity (Wildman–Crippen MR) is 82.1 cm³/mol. The zero-order valence-electron chi connectivity index (χ0n) is 11.5. The van der Waals surface area contributed by atoms with Crippen LogP contribution < -0.4 is 11.1 Å². The van der Waals surface area contributed by atoms with Gasteiger partial charge in [0.25, 0.3) is 0 Å². The van der Waals surface area contributed by atoms with Crippen molar-refractivity contribution in [3.63, 3.8) is 0 Å². The molecule has 7 heteroatoms. The Morgan fingerprint density at radius 1 is 1.35 bits per heavy atom. The fourth-order valence-corrected chi connectivity index (χ4v) is 2.22. The molecule has 1 amide bonds. The fraction of sp³-hybridized carbons (Fsp3) is 0.385. The van der Waals surface area contributed by atoms with Crippen molar-refractivity contribution < 1.29 is 4.79 Å². The maximum absolute atomic E-state index is 12.0. The highest BCUT2D eigenvalue weighted by molar-refractivity contribution is 6.42. The molecule has 0 saturated heterocycles. The van der Waals surface area contributed by atoms with Crippen LogP contribution >= 0.6 is 23.2 Å². The molecule has 0 bridgehead atoms. The van der Waals surface area contributed by atoms with Crippen molar-refractivity contribution in [2.45, 2.75) is 32.9 Å². The van der Waals surface area contributed by atoms with E-state index in [0.717, 1.165) is 0 Å². The summed E-state index contributed by atoms with van der Waals surface area (Å²) < 4.78 is 1.61. The molecule has 2 aromatic rings. The van der Waals surface area contributed by atoms with E-state index in [9.17, 15) is 4.79 Å². The first-order chi connectivity index (χ1) is 9.17. The number of anilines is 1. The van der Waals surface area contributed by atoms with Gasteiger partial charge >= 0.3 is 0 Å². The van der Waals surface area contributed by atoms with Crippen molar-refractivity contribution in [3.8, 4) is 0 Å². The number of carbonyl (C=O) groups excluding carboxylic acids is 1. The molecule has 1 aromatic heterocycles. The minimum atomic E-state index is -0.302. The summed E-state index contributed by atoms with van der Waals surface area (Å²) in [6, 6.07) is 3.29. The van der Waals surface area contributed by atoms with E-state index in [0.29, 0.717) is 21.1 Å². The topological polar surface area (TPSA) is 72.9 Å². The molecule has 0 fully saturated rings. The van der Waals surface area contributed by atoms with Gasteiger partial charge < -0.3 is 15.6 Å². The summed E-state index contributed by atoms with van der Waals surface area (Å²) in [6.45, 7) is 5.82. The van der Waals surface area contributed by atoms with Crippen LogP contribution in [0.25, 0.3) is 11.0 Å². The lowest BCUT2D eigenvalue weighted by molar-refractivity contribution is -0.122. The van der Waals surface area contributed by atoms with Gasteiger partial charge in [0.2, 0.25) is 11.9 Å². The highest BCUT2D eigenvalue weighted by Crippen LogP contribution is 2.28. The third-order valence-corrected chi connectivity index (χ3v) is 3.36. The highest BCUT2D eigenvalue weighted by atomic mass is 35.5. The Morgan fingerprint density at radius 2 is 1.95 bits per heavy atom. The SMILES string of the molecule is CC(C)(C)NC(=O)Cn1c(N)nc2cc(Cl)c(Cl)cc21. The van der Waals surface area contributed by atoms with Crippen LogP contribution in [0, 0.1) is 0 Å². The van der Waals surface area contributed by atoms with E-state index in [1.807, 2.05) is 20.8 Å². The van der Waals surface area contributed by atoms with Crippen LogP contribution in [0.5, 0.6) is 0 Å². The average Bonchev–Trinajstić information content (AvgIpc) is 2.54. The Morgan fingerprint density at radius 3 is 2.55 bits per heavy atom. The standard InChI is InChI=1S/C13H16Cl2N4O/c1-13(2,3)18-11(20)6-19-10-5-8(15)7(14)4-9(10)17-12(19)16/h4-5H,6H2,1-3H3,(H2,16,17)(H,18,20). The van der Waals surface area contributed by atoms with E-state index in [2.05, 4.69) is 10.3 Å². The number of rotatable bonds is 2. The Hall–Kier alpha value is -1.46. The lowest BCUT2D eigenvalue weighted by Crippen LogP contribution is -2.42. The molecule has 20 heavy (non-hydrogen) atoms. The van der Waals surface area contributed by atoms with Gasteiger partial charge in [-0.25, -0.2) is 4.98 Å². The number of imidazole rings is 1. The number of nitrogens with two attached hydrogens (primary N) is 1. The van der Waals surface area contributed by atoms with Crippen LogP contribution in [-0.2, 0) is 11.3 Å². The van der Waals surface area contributed by atoms with Crippen molar-refractivity contribution in [1.29, 1.82) is 0 Å². The maximum atomic E-state index is 12.0. The second-order valence-electron chi connectivity index (χ2n) is 5.61. The molecule has 0 saturated carbocycles. The molecule has 0 unspecified atom stereocenters. The van der Waals surface area contributed by atoms with Crippen molar-refractivity contribution in [3.05, 3.63) is 22.2 Å². The molecule has 0 spiro atoms. The maximum Gasteiger partial charge on any atom is 0.240 e. The van der Waals surface area contributed by atoms with Crippen molar-refractivity contribution in [2.24, 2.45) is 0 Å². The van der Waals surface area contributed by atoms with Crippen molar-refractivity contribution in [1.82, 2.24) is 14.9 Å². The van der Waals surface area contributed by atoms with E-state index >= 15 is 0 Å². The molecular weight excluding hydrogens is 299 g/mol. The largest absolute Gasteiger partial charge is 0.369 e. The molecule has 0 atom stereocenters. The number of aromatic nitrogens is 2. The van der Waals surface area contributed by atoms with Crippen LogP contribution in [0.15, 0.2) is 12.1 Å². The minimum absolute atomic E-state index is 0.0809. The van der Waals surface area contributed by atoms with Crippen LogP contribution in [0.1, 0.15) is 20.8 Å². The van der Waals surface area contributed by atoms with Gasteiger partial charge in [0.15, 0.2) is 0 Å². The summed E-state index contributed by atoms with van der Waals surface area (Å²) in [7, 11) is 0. The van der Waals surface area contributed by atoms with Crippen LogP contribution in [0.3, 0.4) is 0 Å². The van der Waals surface area contributed by atoms with E-state index in [4.69, 9.17) is 28.9 Å². The molecule has 0 radical (unpaired) electrons. The lowest BCUT2D eigenvalue weighted by Gasteiger charge is -2.20. The van der Waals surface area contributed by atoms with E-state index in [-0.39, 0.29) is 23.9 Å². The van der Waals surface area contributed by atoms with Crippen LogP contribution in [0.4, 0.5) is 5.95 Å². The predicted octanol–water partition coefficient (Wildman–Crippen LogP) is 2.84. The average molecular weight is 315 g/mol. The van der Waals surface area contributed by atoms with Crippen LogP contribution in [-0.4, -0.2) is 21.0 Å². The summed E-state index contributed by atoms with van der Waals surface area (Å²) in [5.74, 6) is 0.108. The Kier molecular flexibility index (Phi) is 3.84. The van der Waals surface area contributed by atoms with Gasteiger partial charge in [-0.1, -0.05) is 23.2 Å². The van der Waals surface area contributed by atoms with E-state index in [1.54, 1.807) is 16.7 Å². The van der Waals surface area contributed by atoms with E-state index in [1.165, 1.54) is 0 Å². The van der Waals surface area contributed by atoms with Crippen molar-refractivity contribution in [2.75, 3.05) is 5.73 Å². The molecule has 0 aliphatic heterocycles. The van der Waals surface area contributed by atoms with Crippen molar-refractivity contribution >= 4 is 46.1 Å². The van der Waals surface area contributed by atoms with E-state index < -0.39 is 0 Å². The normalized spacial score (nSPS) is 11.8. The zero-order valence-corrected chi connectivity index (χ0v) is 13.0. The zero-order chi connectivity index (χ0) is 15.1. The molecule has 108 valence electrons. The molecule has 3 N–H and O–H groups in total. The monoisotopic (exact) mass is 314 g/mol. The smallest absolute Gasteiger partial charge is 0.240 e. The second kappa shape index (κ2) is 5.14. The summed E-state index contributed by atoms with van der Waals surface area (Å²) in [4.78, 5) is 16.2. The molecule has 1 aromatic carbocycles. The first kappa shape index (κ1) is 14.9. The van der Waals surface area contributed by atoms with Gasteiger partial charge in [0.05, 0.1) is 21.1 Å². The number of carbonyl (C=O) groups is 1. The number of fused-ring (bicyclic) bond motifs is 1. The molecule has 2 rings (SSSR count). The number of hydrogen-bond donors (Lipinski definition) is 2. The highest BCUT2D eigenvalue weighted by Gasteiger charge is 2.17. The lowest BCUT2D eigenvalue weighted by atomic mass is 10.1. The number of nitrogens with zero attached hydrogens (tertiary/aromatic N) is 2. The molecule has 5 nitrogen and oxygen atoms in total. The first-order valence-corrected chi connectivity index (χ1v) is 6.85. The first-order valence-electron chi connectivity index (χ1n) is 6.09. The van der Waals surface area contributed by atoms with Gasteiger partial charge in [0, 0.05) is 5.54 Å².